The largest absolute Gasteiger partial charge is 0.497 e. The van der Waals surface area contributed by atoms with Gasteiger partial charge in [0.1, 0.15) is 11.5 Å². The first-order valence-electron chi connectivity index (χ1n) is 8.04. The maximum atomic E-state index is 12.4. The highest BCUT2D eigenvalue weighted by Gasteiger charge is 2.17. The Bertz CT molecular complexity index is 1030. The lowest BCUT2D eigenvalue weighted by atomic mass is 10.2. The molecule has 0 aliphatic heterocycles. The molecule has 1 heterocycles. The molecule has 0 atom stereocenters. The molecular formula is C18H19N3O5S. The third-order valence-electron chi connectivity index (χ3n) is 3.89. The van der Waals surface area contributed by atoms with Crippen molar-refractivity contribution in [2.45, 2.75) is 18.4 Å². The smallest absolute Gasteiger partial charge is 0.247 e. The summed E-state index contributed by atoms with van der Waals surface area (Å²) in [6.45, 7) is 1.66. The molecule has 0 amide bonds. The van der Waals surface area contributed by atoms with Crippen LogP contribution >= 0.6 is 0 Å². The van der Waals surface area contributed by atoms with Crippen LogP contribution in [0.15, 0.2) is 51.8 Å². The Kier molecular flexibility index (Phi) is 5.43. The van der Waals surface area contributed by atoms with Crippen molar-refractivity contribution in [3.8, 4) is 23.0 Å². The predicted octanol–water partition coefficient (Wildman–Crippen LogP) is 2.54. The van der Waals surface area contributed by atoms with Crippen molar-refractivity contribution in [3.05, 3.63) is 53.9 Å². The fourth-order valence-corrected chi connectivity index (χ4v) is 3.49. The van der Waals surface area contributed by atoms with E-state index in [1.807, 2.05) is 0 Å². The van der Waals surface area contributed by atoms with Crippen molar-refractivity contribution >= 4 is 10.0 Å². The van der Waals surface area contributed by atoms with Gasteiger partial charge in [0.2, 0.25) is 21.8 Å². The van der Waals surface area contributed by atoms with Gasteiger partial charge in [-0.25, -0.2) is 13.1 Å². The van der Waals surface area contributed by atoms with Crippen LogP contribution in [0, 0.1) is 6.92 Å². The SMILES string of the molecule is COc1ccc(-c2nnc(CNS(=O)(=O)c3ccc(OC)c(C)c3)o2)cc1. The van der Waals surface area contributed by atoms with Gasteiger partial charge in [-0.1, -0.05) is 0 Å². The molecule has 8 nitrogen and oxygen atoms in total. The van der Waals surface area contributed by atoms with E-state index in [4.69, 9.17) is 13.9 Å². The molecule has 0 bridgehead atoms. The van der Waals surface area contributed by atoms with Gasteiger partial charge in [0.25, 0.3) is 0 Å². The minimum atomic E-state index is -3.72. The van der Waals surface area contributed by atoms with Gasteiger partial charge < -0.3 is 13.9 Å². The van der Waals surface area contributed by atoms with E-state index >= 15 is 0 Å². The summed E-state index contributed by atoms with van der Waals surface area (Å²) in [7, 11) is -0.608. The molecule has 0 aliphatic rings. The number of sulfonamides is 1. The number of aromatic nitrogens is 2. The van der Waals surface area contributed by atoms with Gasteiger partial charge in [-0.05, 0) is 55.0 Å². The fraction of sp³-hybridized carbons (Fsp3) is 0.222. The van der Waals surface area contributed by atoms with Crippen molar-refractivity contribution in [2.75, 3.05) is 14.2 Å². The van der Waals surface area contributed by atoms with Crippen molar-refractivity contribution in [3.63, 3.8) is 0 Å². The van der Waals surface area contributed by atoms with E-state index in [9.17, 15) is 8.42 Å². The first-order chi connectivity index (χ1) is 12.9. The predicted molar refractivity (Wildman–Crippen MR) is 98.0 cm³/mol. The zero-order chi connectivity index (χ0) is 19.4. The normalized spacial score (nSPS) is 11.4. The Balaban J connectivity index is 1.71. The quantitative estimate of drug-likeness (QED) is 0.662. The van der Waals surface area contributed by atoms with Crippen molar-refractivity contribution in [1.82, 2.24) is 14.9 Å². The van der Waals surface area contributed by atoms with Crippen LogP contribution < -0.4 is 14.2 Å². The van der Waals surface area contributed by atoms with E-state index < -0.39 is 10.0 Å². The van der Waals surface area contributed by atoms with Crippen LogP contribution in [-0.4, -0.2) is 32.8 Å². The Hall–Kier alpha value is -2.91. The fourth-order valence-electron chi connectivity index (χ4n) is 2.43. The maximum absolute atomic E-state index is 12.4. The highest BCUT2D eigenvalue weighted by molar-refractivity contribution is 7.89. The first-order valence-corrected chi connectivity index (χ1v) is 9.52. The number of aryl methyl sites for hydroxylation is 1. The average Bonchev–Trinajstić information content (AvgIpc) is 3.15. The average molecular weight is 389 g/mol. The summed E-state index contributed by atoms with van der Waals surface area (Å²) < 4.78 is 43.1. The van der Waals surface area contributed by atoms with Crippen molar-refractivity contribution in [1.29, 1.82) is 0 Å². The van der Waals surface area contributed by atoms with Crippen LogP contribution in [-0.2, 0) is 16.6 Å². The Morgan fingerprint density at radius 1 is 1.04 bits per heavy atom. The van der Waals surface area contributed by atoms with E-state index in [0.29, 0.717) is 23.0 Å². The molecule has 0 aliphatic carbocycles. The van der Waals surface area contributed by atoms with Gasteiger partial charge >= 0.3 is 0 Å². The highest BCUT2D eigenvalue weighted by atomic mass is 32.2. The van der Waals surface area contributed by atoms with Gasteiger partial charge in [-0.2, -0.15) is 0 Å². The molecule has 1 aromatic heterocycles. The van der Waals surface area contributed by atoms with Crippen LogP contribution in [0.5, 0.6) is 11.5 Å². The minimum Gasteiger partial charge on any atom is -0.497 e. The number of nitrogens with zero attached hydrogens (tertiary/aromatic N) is 2. The molecule has 1 N–H and O–H groups in total. The van der Waals surface area contributed by atoms with Gasteiger partial charge in [-0.3, -0.25) is 0 Å². The van der Waals surface area contributed by atoms with Crippen LogP contribution in [0.3, 0.4) is 0 Å². The second-order valence-electron chi connectivity index (χ2n) is 5.69. The van der Waals surface area contributed by atoms with E-state index in [1.54, 1.807) is 44.4 Å². The van der Waals surface area contributed by atoms with E-state index in [0.717, 1.165) is 5.56 Å². The van der Waals surface area contributed by atoms with Gasteiger partial charge in [0, 0.05) is 5.56 Å². The number of ether oxygens (including phenoxy) is 2. The molecule has 0 saturated heterocycles. The van der Waals surface area contributed by atoms with Crippen LogP contribution in [0.25, 0.3) is 11.5 Å². The Morgan fingerprint density at radius 2 is 1.78 bits per heavy atom. The van der Waals surface area contributed by atoms with Crippen molar-refractivity contribution < 1.29 is 22.3 Å². The van der Waals surface area contributed by atoms with E-state index in [1.165, 1.54) is 19.2 Å². The summed E-state index contributed by atoms with van der Waals surface area (Å²) in [4.78, 5) is 0.135. The second kappa shape index (κ2) is 7.77. The number of hydrogen-bond donors (Lipinski definition) is 1. The number of hydrogen-bond acceptors (Lipinski definition) is 7. The van der Waals surface area contributed by atoms with Crippen LogP contribution in [0.1, 0.15) is 11.5 Å². The number of nitrogens with one attached hydrogen (secondary N) is 1. The molecule has 3 aromatic rings. The van der Waals surface area contributed by atoms with Gasteiger partial charge in [0.05, 0.1) is 25.7 Å². The molecule has 0 unspecified atom stereocenters. The molecule has 0 radical (unpaired) electrons. The summed E-state index contributed by atoms with van der Waals surface area (Å²) in [6.07, 6.45) is 0. The molecule has 27 heavy (non-hydrogen) atoms. The van der Waals surface area contributed by atoms with Gasteiger partial charge in [0.15, 0.2) is 0 Å². The van der Waals surface area contributed by atoms with E-state index in [-0.39, 0.29) is 17.3 Å². The minimum absolute atomic E-state index is 0.115. The summed E-state index contributed by atoms with van der Waals surface area (Å²) >= 11 is 0. The molecule has 142 valence electrons. The third kappa shape index (κ3) is 4.26. The summed E-state index contributed by atoms with van der Waals surface area (Å²) in [5, 5.41) is 7.83. The molecule has 9 heteroatoms. The summed E-state index contributed by atoms with van der Waals surface area (Å²) in [5.74, 6) is 1.79. The van der Waals surface area contributed by atoms with Crippen LogP contribution in [0.4, 0.5) is 0 Å². The van der Waals surface area contributed by atoms with E-state index in [2.05, 4.69) is 14.9 Å². The lowest BCUT2D eigenvalue weighted by Gasteiger charge is -2.08. The van der Waals surface area contributed by atoms with Gasteiger partial charge in [-0.15, -0.1) is 10.2 Å². The number of methoxy groups -OCH3 is 2. The third-order valence-corrected chi connectivity index (χ3v) is 5.29. The molecular weight excluding hydrogens is 370 g/mol. The molecule has 3 rings (SSSR count). The number of rotatable bonds is 7. The molecule has 2 aromatic carbocycles. The topological polar surface area (TPSA) is 104 Å². The standard InChI is InChI=1S/C18H19N3O5S/c1-12-10-15(8-9-16(12)25-3)27(22,23)19-11-17-20-21-18(26-17)13-4-6-14(24-2)7-5-13/h4-10,19H,11H2,1-3H3. The lowest BCUT2D eigenvalue weighted by Crippen LogP contribution is -2.23. The van der Waals surface area contributed by atoms with Crippen LogP contribution in [0.2, 0.25) is 0 Å². The highest BCUT2D eigenvalue weighted by Crippen LogP contribution is 2.23. The Labute approximate surface area is 157 Å². The second-order valence-corrected chi connectivity index (χ2v) is 7.45. The number of benzene rings is 2. The monoisotopic (exact) mass is 389 g/mol. The maximum Gasteiger partial charge on any atom is 0.247 e. The Morgan fingerprint density at radius 3 is 2.41 bits per heavy atom. The summed E-state index contributed by atoms with van der Waals surface area (Å²) in [6, 6.07) is 11.7. The molecule has 0 saturated carbocycles. The first kappa shape index (κ1) is 18.9. The molecule has 0 fully saturated rings. The lowest BCUT2D eigenvalue weighted by molar-refractivity contribution is 0.411. The summed E-state index contributed by atoms with van der Waals surface area (Å²) in [5.41, 5.74) is 1.43. The molecule has 0 spiro atoms. The van der Waals surface area contributed by atoms with Crippen molar-refractivity contribution in [2.24, 2.45) is 0 Å². The zero-order valence-electron chi connectivity index (χ0n) is 15.1. The zero-order valence-corrected chi connectivity index (χ0v) is 15.9.